The van der Waals surface area contributed by atoms with E-state index >= 15 is 0 Å². The summed E-state index contributed by atoms with van der Waals surface area (Å²) < 4.78 is 1.80. The Morgan fingerprint density at radius 3 is 2.88 bits per heavy atom. The van der Waals surface area contributed by atoms with Crippen molar-refractivity contribution >= 4 is 34.6 Å². The Kier molecular flexibility index (Phi) is 3.26. The van der Waals surface area contributed by atoms with Crippen molar-refractivity contribution in [3.8, 4) is 0 Å². The Morgan fingerprint density at radius 2 is 2.19 bits per heavy atom. The average Bonchev–Trinajstić information content (AvgIpc) is 2.71. The molecule has 2 heterocycles. The maximum atomic E-state index is 5.86. The molecule has 0 amide bonds. The fraction of sp³-hybridized carbons (Fsp3) is 0.222. The molecule has 2 aromatic rings. The Labute approximate surface area is 102 Å². The zero-order chi connectivity index (χ0) is 11.5. The summed E-state index contributed by atoms with van der Waals surface area (Å²) in [5.41, 5.74) is 1.44. The fourth-order valence-corrected chi connectivity index (χ4v) is 1.48. The van der Waals surface area contributed by atoms with Crippen molar-refractivity contribution in [2.24, 2.45) is 0 Å². The van der Waals surface area contributed by atoms with E-state index in [0.29, 0.717) is 5.69 Å². The number of nitrogens with zero attached hydrogens (tertiary/aromatic N) is 4. The second-order valence-corrected chi connectivity index (χ2v) is 3.83. The van der Waals surface area contributed by atoms with E-state index in [-0.39, 0.29) is 10.3 Å². The van der Waals surface area contributed by atoms with Crippen LogP contribution < -0.4 is 5.32 Å². The van der Waals surface area contributed by atoms with Crippen molar-refractivity contribution < 1.29 is 0 Å². The molecule has 2 rings (SSSR count). The molecule has 0 aromatic carbocycles. The highest BCUT2D eigenvalue weighted by atomic mass is 35.5. The van der Waals surface area contributed by atoms with Crippen LogP contribution in [0.2, 0.25) is 10.3 Å². The van der Waals surface area contributed by atoms with E-state index in [2.05, 4.69) is 20.6 Å². The van der Waals surface area contributed by atoms with Crippen LogP contribution in [0.4, 0.5) is 11.4 Å². The average molecular weight is 258 g/mol. The van der Waals surface area contributed by atoms with E-state index in [9.17, 15) is 0 Å². The molecule has 5 nitrogen and oxygen atoms in total. The molecule has 16 heavy (non-hydrogen) atoms. The van der Waals surface area contributed by atoms with Crippen LogP contribution in [-0.2, 0) is 6.54 Å². The first-order valence-corrected chi connectivity index (χ1v) is 5.43. The number of rotatable bonds is 3. The minimum atomic E-state index is 0.272. The molecule has 0 fully saturated rings. The SMILES string of the molecule is CCn1cc(Nc2cc(Cl)nnc2Cl)cn1. The van der Waals surface area contributed by atoms with Gasteiger partial charge in [0.2, 0.25) is 0 Å². The van der Waals surface area contributed by atoms with Crippen molar-refractivity contribution in [1.82, 2.24) is 20.0 Å². The van der Waals surface area contributed by atoms with Crippen molar-refractivity contribution in [3.05, 3.63) is 28.8 Å². The Morgan fingerprint density at radius 1 is 1.38 bits per heavy atom. The van der Waals surface area contributed by atoms with Crippen LogP contribution in [0.5, 0.6) is 0 Å². The van der Waals surface area contributed by atoms with Gasteiger partial charge in [-0.2, -0.15) is 5.10 Å². The zero-order valence-electron chi connectivity index (χ0n) is 8.48. The Hall–Kier alpha value is -1.33. The fourth-order valence-electron chi connectivity index (χ4n) is 1.20. The second kappa shape index (κ2) is 4.67. The van der Waals surface area contributed by atoms with Crippen LogP contribution in [0, 0.1) is 0 Å². The maximum Gasteiger partial charge on any atom is 0.175 e. The molecule has 0 spiro atoms. The highest BCUT2D eigenvalue weighted by Crippen LogP contribution is 2.24. The lowest BCUT2D eigenvalue weighted by molar-refractivity contribution is 0.660. The Bertz CT molecular complexity index is 496. The van der Waals surface area contributed by atoms with E-state index in [1.807, 2.05) is 13.1 Å². The summed E-state index contributed by atoms with van der Waals surface area (Å²) in [6.45, 7) is 2.82. The summed E-state index contributed by atoms with van der Waals surface area (Å²) in [5.74, 6) is 0. The molecule has 0 aliphatic carbocycles. The summed E-state index contributed by atoms with van der Waals surface area (Å²) >= 11 is 11.6. The number of hydrogen-bond donors (Lipinski definition) is 1. The van der Waals surface area contributed by atoms with Gasteiger partial charge in [0.15, 0.2) is 10.3 Å². The maximum absolute atomic E-state index is 5.86. The first kappa shape index (κ1) is 11.2. The number of halogens is 2. The summed E-state index contributed by atoms with van der Waals surface area (Å²) in [4.78, 5) is 0. The van der Waals surface area contributed by atoms with Gasteiger partial charge in [0, 0.05) is 18.8 Å². The molecule has 0 aliphatic rings. The second-order valence-electron chi connectivity index (χ2n) is 3.08. The van der Waals surface area contributed by atoms with E-state index in [1.54, 1.807) is 16.9 Å². The van der Waals surface area contributed by atoms with Gasteiger partial charge in [-0.05, 0) is 6.92 Å². The predicted octanol–water partition coefficient (Wildman–Crippen LogP) is 2.74. The molecule has 0 saturated carbocycles. The molecule has 0 unspecified atom stereocenters. The van der Waals surface area contributed by atoms with Crippen LogP contribution in [0.25, 0.3) is 0 Å². The smallest absolute Gasteiger partial charge is 0.175 e. The van der Waals surface area contributed by atoms with Crippen molar-refractivity contribution in [2.45, 2.75) is 13.5 Å². The molecule has 0 aliphatic heterocycles. The van der Waals surface area contributed by atoms with Crippen LogP contribution in [0.15, 0.2) is 18.5 Å². The van der Waals surface area contributed by atoms with Crippen LogP contribution in [-0.4, -0.2) is 20.0 Å². The lowest BCUT2D eigenvalue weighted by Gasteiger charge is -2.04. The topological polar surface area (TPSA) is 55.6 Å². The number of hydrogen-bond acceptors (Lipinski definition) is 4. The van der Waals surface area contributed by atoms with E-state index < -0.39 is 0 Å². The van der Waals surface area contributed by atoms with Gasteiger partial charge in [0.05, 0.1) is 17.6 Å². The summed E-state index contributed by atoms with van der Waals surface area (Å²) in [6, 6.07) is 1.61. The van der Waals surface area contributed by atoms with E-state index in [4.69, 9.17) is 23.2 Å². The van der Waals surface area contributed by atoms with Crippen molar-refractivity contribution in [3.63, 3.8) is 0 Å². The van der Waals surface area contributed by atoms with Crippen molar-refractivity contribution in [1.29, 1.82) is 0 Å². The monoisotopic (exact) mass is 257 g/mol. The zero-order valence-corrected chi connectivity index (χ0v) is 10.00. The molecule has 0 bridgehead atoms. The third-order valence-corrected chi connectivity index (χ3v) is 2.42. The molecule has 84 valence electrons. The lowest BCUT2D eigenvalue weighted by atomic mass is 10.4. The van der Waals surface area contributed by atoms with E-state index in [1.165, 1.54) is 0 Å². The molecule has 0 saturated heterocycles. The number of nitrogens with one attached hydrogen (secondary N) is 1. The van der Waals surface area contributed by atoms with Gasteiger partial charge < -0.3 is 5.32 Å². The molecule has 0 atom stereocenters. The molecule has 2 aromatic heterocycles. The molecule has 1 N–H and O–H groups in total. The summed E-state index contributed by atoms with van der Waals surface area (Å²) in [5, 5.41) is 15.1. The third kappa shape index (κ3) is 2.43. The molecular formula is C9H9Cl2N5. The molecule has 0 radical (unpaired) electrons. The van der Waals surface area contributed by atoms with Gasteiger partial charge in [0.1, 0.15) is 0 Å². The standard InChI is InChI=1S/C9H9Cl2N5/c1-2-16-5-6(4-12-16)13-7-3-8(10)14-15-9(7)11/h3-5H,2H2,1H3,(H,13,14). The number of aromatic nitrogens is 4. The number of anilines is 2. The molecular weight excluding hydrogens is 249 g/mol. The predicted molar refractivity (Wildman–Crippen MR) is 63.2 cm³/mol. The van der Waals surface area contributed by atoms with Gasteiger partial charge in [-0.15, -0.1) is 10.2 Å². The largest absolute Gasteiger partial charge is 0.350 e. The van der Waals surface area contributed by atoms with Crippen LogP contribution >= 0.6 is 23.2 Å². The minimum absolute atomic E-state index is 0.272. The third-order valence-electron chi connectivity index (χ3n) is 1.96. The quantitative estimate of drug-likeness (QED) is 0.919. The first-order chi connectivity index (χ1) is 7.69. The Balaban J connectivity index is 2.22. The van der Waals surface area contributed by atoms with Gasteiger partial charge >= 0.3 is 0 Å². The van der Waals surface area contributed by atoms with Gasteiger partial charge in [-0.25, -0.2) is 0 Å². The summed E-state index contributed by atoms with van der Waals surface area (Å²) in [7, 11) is 0. The number of aryl methyl sites for hydroxylation is 1. The molecule has 7 heteroatoms. The highest BCUT2D eigenvalue weighted by molar-refractivity contribution is 6.33. The van der Waals surface area contributed by atoms with Crippen LogP contribution in [0.1, 0.15) is 6.92 Å². The van der Waals surface area contributed by atoms with Crippen LogP contribution in [0.3, 0.4) is 0 Å². The van der Waals surface area contributed by atoms with Gasteiger partial charge in [-0.1, -0.05) is 23.2 Å². The van der Waals surface area contributed by atoms with Crippen molar-refractivity contribution in [2.75, 3.05) is 5.32 Å². The normalized spacial score (nSPS) is 10.4. The minimum Gasteiger partial charge on any atom is -0.350 e. The first-order valence-electron chi connectivity index (χ1n) is 4.67. The van der Waals surface area contributed by atoms with Gasteiger partial charge in [-0.3, -0.25) is 4.68 Å². The highest BCUT2D eigenvalue weighted by Gasteiger charge is 2.05. The summed E-state index contributed by atoms with van der Waals surface area (Å²) in [6.07, 6.45) is 3.57. The van der Waals surface area contributed by atoms with Gasteiger partial charge in [0.25, 0.3) is 0 Å². The van der Waals surface area contributed by atoms with E-state index in [0.717, 1.165) is 12.2 Å². The lowest BCUT2D eigenvalue weighted by Crippen LogP contribution is -1.95.